The average molecular weight is 427 g/mol. The van der Waals surface area contributed by atoms with E-state index in [2.05, 4.69) is 11.0 Å². The number of para-hydroxylation sites is 1. The molecule has 5 atom stereocenters. The lowest BCUT2D eigenvalue weighted by Crippen LogP contribution is -2.84. The highest BCUT2D eigenvalue weighted by Crippen LogP contribution is 2.78. The molecule has 3 aliphatic heterocycles. The van der Waals surface area contributed by atoms with Crippen LogP contribution in [0.3, 0.4) is 0 Å². The SMILES string of the molecule is COC(=O)N1c2ccccc2C23CCN4CCCC5(CCC12C(CO)(C(=O)OC)C5)C43. The molecule has 1 aromatic carbocycles. The van der Waals surface area contributed by atoms with Crippen molar-refractivity contribution in [2.45, 2.75) is 55.5 Å². The summed E-state index contributed by atoms with van der Waals surface area (Å²) in [5.74, 6) is -0.405. The number of benzene rings is 1. The Kier molecular flexibility index (Phi) is 3.79. The van der Waals surface area contributed by atoms with Crippen molar-refractivity contribution < 1.29 is 24.2 Å². The van der Waals surface area contributed by atoms with Crippen LogP contribution in [0.15, 0.2) is 24.3 Å². The van der Waals surface area contributed by atoms with Crippen molar-refractivity contribution in [3.05, 3.63) is 29.8 Å². The number of hydrogen-bond acceptors (Lipinski definition) is 6. The summed E-state index contributed by atoms with van der Waals surface area (Å²) >= 11 is 0. The summed E-state index contributed by atoms with van der Waals surface area (Å²) in [6, 6.07) is 8.32. The molecule has 7 heteroatoms. The molecule has 0 radical (unpaired) electrons. The Hall–Kier alpha value is -2.12. The molecule has 1 amide bonds. The molecule has 2 saturated heterocycles. The number of amides is 1. The van der Waals surface area contributed by atoms with E-state index in [0.29, 0.717) is 12.8 Å². The molecule has 3 spiro atoms. The number of nitrogens with zero attached hydrogens (tertiary/aromatic N) is 2. The number of esters is 1. The maximum Gasteiger partial charge on any atom is 0.414 e. The van der Waals surface area contributed by atoms with Crippen LogP contribution in [0.25, 0.3) is 0 Å². The van der Waals surface area contributed by atoms with Crippen LogP contribution in [0.5, 0.6) is 0 Å². The Morgan fingerprint density at radius 3 is 2.65 bits per heavy atom. The van der Waals surface area contributed by atoms with E-state index in [9.17, 15) is 14.7 Å². The number of fused-ring (bicyclic) bond motifs is 3. The van der Waals surface area contributed by atoms with Crippen LogP contribution in [-0.2, 0) is 19.7 Å². The first-order valence-corrected chi connectivity index (χ1v) is 11.4. The zero-order valence-corrected chi connectivity index (χ0v) is 18.2. The Bertz CT molecular complexity index is 982. The van der Waals surface area contributed by atoms with Crippen LogP contribution in [0.4, 0.5) is 10.5 Å². The molecule has 7 rings (SSSR count). The second kappa shape index (κ2) is 6.01. The lowest BCUT2D eigenvalue weighted by molar-refractivity contribution is -0.210. The minimum Gasteiger partial charge on any atom is -0.468 e. The summed E-state index contributed by atoms with van der Waals surface area (Å²) in [5.41, 5.74) is -0.631. The van der Waals surface area contributed by atoms with E-state index >= 15 is 0 Å². The fourth-order valence-electron chi connectivity index (χ4n) is 9.17. The number of carbonyl (C=O) groups is 2. The van der Waals surface area contributed by atoms with Gasteiger partial charge in [-0.15, -0.1) is 0 Å². The topological polar surface area (TPSA) is 79.3 Å². The van der Waals surface area contributed by atoms with Gasteiger partial charge in [-0.1, -0.05) is 18.2 Å². The van der Waals surface area contributed by atoms with Crippen LogP contribution in [0.2, 0.25) is 0 Å². The lowest BCUT2D eigenvalue weighted by Gasteiger charge is -2.73. The second-order valence-corrected chi connectivity index (χ2v) is 10.2. The lowest BCUT2D eigenvalue weighted by atomic mass is 9.34. The molecule has 3 aliphatic carbocycles. The van der Waals surface area contributed by atoms with E-state index in [1.807, 2.05) is 18.2 Å². The van der Waals surface area contributed by atoms with Crippen molar-refractivity contribution >= 4 is 17.7 Å². The van der Waals surface area contributed by atoms with Crippen LogP contribution < -0.4 is 4.90 Å². The van der Waals surface area contributed by atoms with Crippen molar-refractivity contribution in [3.8, 4) is 0 Å². The van der Waals surface area contributed by atoms with Crippen molar-refractivity contribution in [1.29, 1.82) is 0 Å². The first-order valence-electron chi connectivity index (χ1n) is 11.4. The zero-order valence-electron chi connectivity index (χ0n) is 18.2. The van der Waals surface area contributed by atoms with Gasteiger partial charge in [0.15, 0.2) is 0 Å². The highest BCUT2D eigenvalue weighted by molar-refractivity contribution is 5.98. The van der Waals surface area contributed by atoms with E-state index in [1.165, 1.54) is 14.2 Å². The Labute approximate surface area is 182 Å². The first kappa shape index (κ1) is 19.6. The summed E-state index contributed by atoms with van der Waals surface area (Å²) in [7, 11) is 2.79. The Morgan fingerprint density at radius 1 is 1.10 bits per heavy atom. The number of ether oxygens (including phenoxy) is 2. The van der Waals surface area contributed by atoms with Gasteiger partial charge in [-0.3, -0.25) is 14.6 Å². The molecule has 31 heavy (non-hydrogen) atoms. The summed E-state index contributed by atoms with van der Waals surface area (Å²) in [6.07, 6.45) is 4.70. The Morgan fingerprint density at radius 2 is 1.90 bits per heavy atom. The van der Waals surface area contributed by atoms with E-state index in [1.54, 1.807) is 4.90 Å². The highest BCUT2D eigenvalue weighted by atomic mass is 16.5. The third kappa shape index (κ3) is 1.80. The molecule has 3 saturated carbocycles. The van der Waals surface area contributed by atoms with Gasteiger partial charge in [0, 0.05) is 11.5 Å². The third-order valence-electron chi connectivity index (χ3n) is 9.70. The normalized spacial score (nSPS) is 42.0. The van der Waals surface area contributed by atoms with Crippen molar-refractivity contribution in [1.82, 2.24) is 4.90 Å². The number of aliphatic hydroxyl groups excluding tert-OH is 1. The van der Waals surface area contributed by atoms with E-state index in [0.717, 1.165) is 50.0 Å². The fraction of sp³-hybridized carbons (Fsp3) is 0.667. The van der Waals surface area contributed by atoms with Gasteiger partial charge in [0.05, 0.1) is 32.1 Å². The minimum absolute atomic E-state index is 0.0628. The second-order valence-electron chi connectivity index (χ2n) is 10.2. The molecule has 5 unspecified atom stereocenters. The number of rotatable bonds is 2. The van der Waals surface area contributed by atoms with E-state index in [-0.39, 0.29) is 18.1 Å². The number of anilines is 1. The number of methoxy groups -OCH3 is 2. The molecule has 1 aromatic rings. The zero-order chi connectivity index (χ0) is 21.6. The van der Waals surface area contributed by atoms with Crippen LogP contribution in [0, 0.1) is 10.8 Å². The quantitative estimate of drug-likeness (QED) is 0.732. The van der Waals surface area contributed by atoms with Crippen molar-refractivity contribution in [2.75, 3.05) is 38.8 Å². The first-order chi connectivity index (χ1) is 15.0. The summed E-state index contributed by atoms with van der Waals surface area (Å²) < 4.78 is 10.7. The number of piperidine rings is 1. The maximum atomic E-state index is 13.6. The molecule has 3 heterocycles. The van der Waals surface area contributed by atoms with Gasteiger partial charge >= 0.3 is 12.1 Å². The number of carbonyl (C=O) groups excluding carboxylic acids is 2. The van der Waals surface area contributed by atoms with E-state index < -0.39 is 28.4 Å². The molecule has 5 fully saturated rings. The van der Waals surface area contributed by atoms with Crippen LogP contribution in [0.1, 0.15) is 44.1 Å². The van der Waals surface area contributed by atoms with Crippen molar-refractivity contribution in [2.24, 2.45) is 10.8 Å². The monoisotopic (exact) mass is 426 g/mol. The highest BCUT2D eigenvalue weighted by Gasteiger charge is 2.86. The minimum atomic E-state index is -1.18. The van der Waals surface area contributed by atoms with Crippen LogP contribution in [-0.4, -0.2) is 67.6 Å². The van der Waals surface area contributed by atoms with Crippen molar-refractivity contribution in [3.63, 3.8) is 0 Å². The predicted octanol–water partition coefficient (Wildman–Crippen LogP) is 2.45. The average Bonchev–Trinajstić information content (AvgIpc) is 3.34. The van der Waals surface area contributed by atoms with Gasteiger partial charge in [0.1, 0.15) is 5.41 Å². The fourth-order valence-corrected chi connectivity index (χ4v) is 9.17. The molecule has 7 nitrogen and oxygen atoms in total. The number of hydrogen-bond donors (Lipinski definition) is 1. The molecule has 2 bridgehead atoms. The van der Waals surface area contributed by atoms with Crippen LogP contribution >= 0.6 is 0 Å². The van der Waals surface area contributed by atoms with Gasteiger partial charge in [-0.05, 0) is 68.7 Å². The Balaban J connectivity index is 1.74. The largest absolute Gasteiger partial charge is 0.468 e. The summed E-state index contributed by atoms with van der Waals surface area (Å²) in [5, 5.41) is 11.0. The van der Waals surface area contributed by atoms with Gasteiger partial charge in [-0.2, -0.15) is 0 Å². The third-order valence-corrected chi connectivity index (χ3v) is 9.70. The molecule has 166 valence electrons. The summed E-state index contributed by atoms with van der Waals surface area (Å²) in [4.78, 5) is 31.4. The van der Waals surface area contributed by atoms with E-state index in [4.69, 9.17) is 9.47 Å². The van der Waals surface area contributed by atoms with Gasteiger partial charge in [0.25, 0.3) is 0 Å². The molecule has 6 aliphatic rings. The summed E-state index contributed by atoms with van der Waals surface area (Å²) in [6.45, 7) is 1.66. The number of aliphatic hydroxyl groups is 1. The maximum absolute atomic E-state index is 13.6. The standard InChI is InChI=1S/C24H30N2O5/c1-30-19(28)22(15-27)14-21-8-5-12-25-13-11-23(18(21)25)16-6-3-4-7-17(16)26(20(29)31-2)24(22,23)10-9-21/h3-4,6-7,18,27H,5,8-15H2,1-2H3. The smallest absolute Gasteiger partial charge is 0.414 e. The molecular formula is C24H30N2O5. The predicted molar refractivity (Wildman–Crippen MR) is 113 cm³/mol. The molecule has 1 N–H and O–H groups in total. The van der Waals surface area contributed by atoms with Gasteiger partial charge in [-0.25, -0.2) is 4.79 Å². The molecular weight excluding hydrogens is 396 g/mol. The molecule has 0 aromatic heterocycles. The van der Waals surface area contributed by atoms with Gasteiger partial charge in [0.2, 0.25) is 0 Å². The van der Waals surface area contributed by atoms with Gasteiger partial charge < -0.3 is 14.6 Å².